The van der Waals surface area contributed by atoms with Gasteiger partial charge in [0.25, 0.3) is 0 Å². The predicted molar refractivity (Wildman–Crippen MR) is 134 cm³/mol. The summed E-state index contributed by atoms with van der Waals surface area (Å²) in [4.78, 5) is 14.8. The molecule has 1 N–H and O–H groups in total. The van der Waals surface area contributed by atoms with Crippen molar-refractivity contribution >= 4 is 17.5 Å². The number of aryl methyl sites for hydroxylation is 1. The normalized spacial score (nSPS) is 15.1. The fourth-order valence-electron chi connectivity index (χ4n) is 4.40. The third kappa shape index (κ3) is 4.87. The van der Waals surface area contributed by atoms with Gasteiger partial charge < -0.3 is 19.7 Å². The minimum absolute atomic E-state index is 0.0415. The number of halogens is 3. The molecular formula is C27H24F3N5O2. The maximum absolute atomic E-state index is 13.6. The van der Waals surface area contributed by atoms with Crippen molar-refractivity contribution < 1.29 is 22.6 Å². The minimum Gasteiger partial charge on any atom is -0.496 e. The van der Waals surface area contributed by atoms with E-state index in [1.165, 1.54) is 18.3 Å². The number of fused-ring (bicyclic) bond motifs is 1. The Morgan fingerprint density at radius 3 is 2.65 bits per heavy atom. The molecule has 1 aliphatic heterocycles. The van der Waals surface area contributed by atoms with Crippen LogP contribution in [0.1, 0.15) is 22.9 Å². The lowest BCUT2D eigenvalue weighted by atomic mass is 9.98. The maximum atomic E-state index is 13.6. The molecule has 190 valence electrons. The molecule has 0 bridgehead atoms. The van der Waals surface area contributed by atoms with Crippen LogP contribution in [0.5, 0.6) is 11.5 Å². The van der Waals surface area contributed by atoms with Gasteiger partial charge in [0.2, 0.25) is 5.95 Å². The number of nitrogens with zero attached hydrogens (tertiary/aromatic N) is 4. The molecule has 37 heavy (non-hydrogen) atoms. The smallest absolute Gasteiger partial charge is 0.416 e. The number of likely N-dealkylation sites (N-methyl/N-ethyl adjacent to an activating group) is 1. The standard InChI is InChI=1S/C27H24F3N5O2/c1-16-12-17(10-11-31-16)19-9-8-18(13-23(19)36-3)33-26-32-14-24-25(34-26)35(2)22(15-37-24)20-6-4-5-7-21(20)27(28,29)30/h4-14,22H,15H2,1-3H3,(H,32,33,34). The van der Waals surface area contributed by atoms with Crippen molar-refractivity contribution in [1.29, 1.82) is 0 Å². The molecule has 4 aromatic rings. The number of pyridine rings is 1. The first-order valence-corrected chi connectivity index (χ1v) is 11.5. The number of hydrogen-bond acceptors (Lipinski definition) is 7. The number of aromatic nitrogens is 3. The molecule has 10 heteroatoms. The van der Waals surface area contributed by atoms with E-state index < -0.39 is 17.8 Å². The monoisotopic (exact) mass is 507 g/mol. The first kappa shape index (κ1) is 24.4. The zero-order valence-electron chi connectivity index (χ0n) is 20.4. The van der Waals surface area contributed by atoms with Crippen LogP contribution in [-0.2, 0) is 6.18 Å². The predicted octanol–water partition coefficient (Wildman–Crippen LogP) is 6.19. The number of benzene rings is 2. The van der Waals surface area contributed by atoms with Gasteiger partial charge in [-0.1, -0.05) is 18.2 Å². The van der Waals surface area contributed by atoms with E-state index in [0.29, 0.717) is 23.0 Å². The van der Waals surface area contributed by atoms with Crippen molar-refractivity contribution in [1.82, 2.24) is 15.0 Å². The maximum Gasteiger partial charge on any atom is 0.416 e. The van der Waals surface area contributed by atoms with Crippen molar-refractivity contribution in [2.24, 2.45) is 0 Å². The van der Waals surface area contributed by atoms with Crippen LogP contribution in [0.2, 0.25) is 0 Å². The summed E-state index contributed by atoms with van der Waals surface area (Å²) < 4.78 is 52.3. The zero-order valence-corrected chi connectivity index (χ0v) is 20.4. The van der Waals surface area contributed by atoms with Crippen molar-refractivity contribution in [3.05, 3.63) is 83.8 Å². The molecule has 0 spiro atoms. The number of rotatable bonds is 5. The van der Waals surface area contributed by atoms with Gasteiger partial charge in [0.05, 0.1) is 24.9 Å². The van der Waals surface area contributed by atoms with E-state index in [4.69, 9.17) is 9.47 Å². The minimum atomic E-state index is -4.48. The first-order valence-electron chi connectivity index (χ1n) is 11.5. The van der Waals surface area contributed by atoms with E-state index >= 15 is 0 Å². The Bertz CT molecular complexity index is 1440. The third-order valence-corrected chi connectivity index (χ3v) is 6.23. The number of alkyl halides is 3. The Labute approximate surface area is 211 Å². The molecule has 0 fully saturated rings. The lowest BCUT2D eigenvalue weighted by Crippen LogP contribution is -2.35. The molecule has 0 aliphatic carbocycles. The highest BCUT2D eigenvalue weighted by atomic mass is 19.4. The van der Waals surface area contributed by atoms with Crippen LogP contribution in [0.15, 0.2) is 67.0 Å². The largest absolute Gasteiger partial charge is 0.496 e. The molecule has 2 aromatic heterocycles. The van der Waals surface area contributed by atoms with Crippen molar-refractivity contribution in [2.45, 2.75) is 19.1 Å². The van der Waals surface area contributed by atoms with E-state index in [9.17, 15) is 13.2 Å². The molecule has 0 saturated heterocycles. The Morgan fingerprint density at radius 2 is 1.89 bits per heavy atom. The second kappa shape index (κ2) is 9.61. The van der Waals surface area contributed by atoms with Crippen LogP contribution >= 0.6 is 0 Å². The summed E-state index contributed by atoms with van der Waals surface area (Å²) >= 11 is 0. The van der Waals surface area contributed by atoms with Crippen LogP contribution in [0.3, 0.4) is 0 Å². The van der Waals surface area contributed by atoms with E-state index in [0.717, 1.165) is 22.9 Å². The zero-order chi connectivity index (χ0) is 26.2. The first-order chi connectivity index (χ1) is 17.7. The number of hydrogen-bond donors (Lipinski definition) is 1. The lowest BCUT2D eigenvalue weighted by molar-refractivity contribution is -0.138. The van der Waals surface area contributed by atoms with Gasteiger partial charge in [-0.15, -0.1) is 0 Å². The average molecular weight is 508 g/mol. The number of nitrogens with one attached hydrogen (secondary N) is 1. The Hall–Kier alpha value is -4.34. The summed E-state index contributed by atoms with van der Waals surface area (Å²) in [7, 11) is 3.29. The molecule has 1 atom stereocenters. The molecule has 0 amide bonds. The van der Waals surface area contributed by atoms with Gasteiger partial charge in [0.1, 0.15) is 12.4 Å². The van der Waals surface area contributed by atoms with Crippen LogP contribution in [0, 0.1) is 6.92 Å². The van der Waals surface area contributed by atoms with Crippen molar-refractivity contribution in [3.8, 4) is 22.6 Å². The fourth-order valence-corrected chi connectivity index (χ4v) is 4.40. The molecule has 2 aromatic carbocycles. The highest BCUT2D eigenvalue weighted by molar-refractivity contribution is 5.74. The highest BCUT2D eigenvalue weighted by Gasteiger charge is 2.38. The summed E-state index contributed by atoms with van der Waals surface area (Å²) in [6, 6.07) is 14.4. The summed E-state index contributed by atoms with van der Waals surface area (Å²) in [6.07, 6.45) is -1.22. The van der Waals surface area contributed by atoms with Crippen molar-refractivity contribution in [2.75, 3.05) is 31.0 Å². The fraction of sp³-hybridized carbons (Fsp3) is 0.222. The van der Waals surface area contributed by atoms with E-state index in [2.05, 4.69) is 20.3 Å². The highest BCUT2D eigenvalue weighted by Crippen LogP contribution is 2.42. The summed E-state index contributed by atoms with van der Waals surface area (Å²) in [5.74, 6) is 1.71. The van der Waals surface area contributed by atoms with Gasteiger partial charge in [-0.2, -0.15) is 18.2 Å². The summed E-state index contributed by atoms with van der Waals surface area (Å²) in [6.45, 7) is 1.96. The van der Waals surface area contributed by atoms with Gasteiger partial charge in [-0.25, -0.2) is 4.98 Å². The van der Waals surface area contributed by atoms with E-state index in [1.807, 2.05) is 37.3 Å². The Morgan fingerprint density at radius 1 is 1.08 bits per heavy atom. The quantitative estimate of drug-likeness (QED) is 0.345. The molecule has 5 rings (SSSR count). The van der Waals surface area contributed by atoms with Gasteiger partial charge in [0.15, 0.2) is 11.6 Å². The molecule has 0 radical (unpaired) electrons. The number of anilines is 3. The van der Waals surface area contributed by atoms with Crippen LogP contribution in [0.4, 0.5) is 30.6 Å². The van der Waals surface area contributed by atoms with Crippen LogP contribution in [0.25, 0.3) is 11.1 Å². The molecule has 7 nitrogen and oxygen atoms in total. The second-order valence-corrected chi connectivity index (χ2v) is 8.63. The molecule has 3 heterocycles. The average Bonchev–Trinajstić information content (AvgIpc) is 2.88. The van der Waals surface area contributed by atoms with Crippen LogP contribution in [-0.4, -0.2) is 35.7 Å². The van der Waals surface area contributed by atoms with Gasteiger partial charge >= 0.3 is 6.18 Å². The van der Waals surface area contributed by atoms with Crippen LogP contribution < -0.4 is 19.7 Å². The molecule has 0 saturated carbocycles. The second-order valence-electron chi connectivity index (χ2n) is 8.63. The number of methoxy groups -OCH3 is 1. The SMILES string of the molecule is COc1cc(Nc2ncc3c(n2)N(C)C(c2ccccc2C(F)(F)F)CO3)ccc1-c1ccnc(C)c1. The third-order valence-electron chi connectivity index (χ3n) is 6.23. The lowest BCUT2D eigenvalue weighted by Gasteiger charge is -2.36. The topological polar surface area (TPSA) is 72.4 Å². The van der Waals surface area contributed by atoms with E-state index in [-0.39, 0.29) is 18.1 Å². The Kier molecular flexibility index (Phi) is 6.32. The summed E-state index contributed by atoms with van der Waals surface area (Å²) in [5, 5.41) is 3.15. The Balaban J connectivity index is 1.43. The number of ether oxygens (including phenoxy) is 2. The summed E-state index contributed by atoms with van der Waals surface area (Å²) in [5.41, 5.74) is 2.90. The van der Waals surface area contributed by atoms with Gasteiger partial charge in [-0.3, -0.25) is 4.98 Å². The molecule has 1 aliphatic rings. The molecule has 1 unspecified atom stereocenters. The van der Waals surface area contributed by atoms with Gasteiger partial charge in [0, 0.05) is 36.3 Å². The van der Waals surface area contributed by atoms with Gasteiger partial charge in [-0.05, 0) is 48.4 Å². The van der Waals surface area contributed by atoms with Crippen molar-refractivity contribution in [3.63, 3.8) is 0 Å². The van der Waals surface area contributed by atoms with E-state index in [1.54, 1.807) is 31.3 Å². The molecular weight excluding hydrogens is 483 g/mol.